The molecule has 0 spiro atoms. The van der Waals surface area contributed by atoms with Gasteiger partial charge in [0.05, 0.1) is 12.2 Å². The zero-order valence-electron chi connectivity index (χ0n) is 13.9. The van der Waals surface area contributed by atoms with Crippen LogP contribution in [0.4, 0.5) is 4.79 Å². The molecule has 1 N–H and O–H groups in total. The van der Waals surface area contributed by atoms with Crippen LogP contribution in [0, 0.1) is 0 Å². The average Bonchev–Trinajstić information content (AvgIpc) is 2.48. The summed E-state index contributed by atoms with van der Waals surface area (Å²) in [6.45, 7) is 6.49. The van der Waals surface area contributed by atoms with Gasteiger partial charge in [-0.25, -0.2) is 4.79 Å². The third kappa shape index (κ3) is 5.04. The van der Waals surface area contributed by atoms with Crippen LogP contribution in [0.5, 0.6) is 0 Å². The van der Waals surface area contributed by atoms with Crippen molar-refractivity contribution in [1.82, 2.24) is 20.0 Å². The van der Waals surface area contributed by atoms with Gasteiger partial charge in [0, 0.05) is 19.6 Å². The first-order valence-electron chi connectivity index (χ1n) is 7.58. The van der Waals surface area contributed by atoms with Gasteiger partial charge in [0.15, 0.2) is 5.15 Å². The van der Waals surface area contributed by atoms with Crippen molar-refractivity contribution in [3.63, 3.8) is 0 Å². The molecule has 2 rings (SSSR count). The van der Waals surface area contributed by atoms with Crippen LogP contribution < -0.4 is 0 Å². The summed E-state index contributed by atoms with van der Waals surface area (Å²) in [4.78, 5) is 26.9. The molecule has 2 heterocycles. The maximum Gasteiger partial charge on any atom is 0.410 e. The summed E-state index contributed by atoms with van der Waals surface area (Å²) in [6.07, 6.45) is -0.500. The summed E-state index contributed by atoms with van der Waals surface area (Å²) in [5, 5.41) is 17.5. The smallest absolute Gasteiger partial charge is 0.410 e. The summed E-state index contributed by atoms with van der Waals surface area (Å²) in [6, 6.07) is 2.48. The lowest BCUT2D eigenvalue weighted by atomic mass is 10.1. The van der Waals surface area contributed by atoms with E-state index in [1.54, 1.807) is 37.8 Å². The third-order valence-electron chi connectivity index (χ3n) is 3.48. The largest absolute Gasteiger partial charge is 0.480 e. The number of aromatic nitrogens is 2. The molecule has 132 valence electrons. The molecule has 0 bridgehead atoms. The van der Waals surface area contributed by atoms with Gasteiger partial charge in [0.2, 0.25) is 0 Å². The van der Waals surface area contributed by atoms with E-state index in [9.17, 15) is 14.7 Å². The lowest BCUT2D eigenvalue weighted by Gasteiger charge is -2.39. The molecule has 1 fully saturated rings. The van der Waals surface area contributed by atoms with Gasteiger partial charge in [0.1, 0.15) is 11.6 Å². The number of rotatable bonds is 3. The minimum absolute atomic E-state index is 0.0608. The van der Waals surface area contributed by atoms with Gasteiger partial charge in [-0.15, -0.1) is 5.10 Å². The van der Waals surface area contributed by atoms with Gasteiger partial charge in [-0.1, -0.05) is 11.6 Å². The summed E-state index contributed by atoms with van der Waals surface area (Å²) in [5.41, 5.74) is 0.00242. The highest BCUT2D eigenvalue weighted by Gasteiger charge is 2.36. The van der Waals surface area contributed by atoms with E-state index in [1.807, 2.05) is 0 Å². The highest BCUT2D eigenvalue weighted by atomic mass is 35.5. The maximum absolute atomic E-state index is 12.1. The van der Waals surface area contributed by atoms with Crippen LogP contribution in [0.15, 0.2) is 12.1 Å². The molecular formula is C15H21ClN4O4. The Morgan fingerprint density at radius 2 is 2.04 bits per heavy atom. The number of piperazine rings is 1. The Labute approximate surface area is 145 Å². The molecule has 1 aromatic heterocycles. The van der Waals surface area contributed by atoms with E-state index < -0.39 is 23.7 Å². The Hall–Kier alpha value is -1.93. The third-order valence-corrected chi connectivity index (χ3v) is 3.68. The van der Waals surface area contributed by atoms with Crippen molar-refractivity contribution >= 4 is 23.7 Å². The minimum Gasteiger partial charge on any atom is -0.480 e. The van der Waals surface area contributed by atoms with E-state index in [2.05, 4.69) is 10.2 Å². The zero-order chi connectivity index (χ0) is 17.9. The van der Waals surface area contributed by atoms with E-state index in [0.717, 1.165) is 0 Å². The van der Waals surface area contributed by atoms with Gasteiger partial charge in [-0.3, -0.25) is 9.69 Å². The lowest BCUT2D eigenvalue weighted by molar-refractivity contribution is -0.145. The fourth-order valence-electron chi connectivity index (χ4n) is 2.37. The summed E-state index contributed by atoms with van der Waals surface area (Å²) in [5.74, 6) is -0.995. The van der Waals surface area contributed by atoms with Crippen LogP contribution >= 0.6 is 11.6 Å². The first kappa shape index (κ1) is 18.4. The number of ether oxygens (including phenoxy) is 1. The van der Waals surface area contributed by atoms with E-state index in [4.69, 9.17) is 16.3 Å². The molecule has 0 unspecified atom stereocenters. The Morgan fingerprint density at radius 3 is 2.58 bits per heavy atom. The highest BCUT2D eigenvalue weighted by Crippen LogP contribution is 2.17. The van der Waals surface area contributed by atoms with Gasteiger partial charge in [-0.05, 0) is 32.9 Å². The molecule has 0 aliphatic carbocycles. The molecule has 24 heavy (non-hydrogen) atoms. The second kappa shape index (κ2) is 7.31. The molecule has 1 saturated heterocycles. The fraction of sp³-hybridized carbons (Fsp3) is 0.600. The van der Waals surface area contributed by atoms with Gasteiger partial charge in [0.25, 0.3) is 0 Å². The second-order valence-corrected chi connectivity index (χ2v) is 6.99. The number of carboxylic acid groups (broad SMARTS) is 1. The van der Waals surface area contributed by atoms with Gasteiger partial charge >= 0.3 is 12.1 Å². The number of hydrogen-bond donors (Lipinski definition) is 1. The number of carbonyl (C=O) groups is 2. The average molecular weight is 357 g/mol. The van der Waals surface area contributed by atoms with Crippen molar-refractivity contribution in [1.29, 1.82) is 0 Å². The van der Waals surface area contributed by atoms with Crippen LogP contribution in [-0.2, 0) is 16.1 Å². The highest BCUT2D eigenvalue weighted by molar-refractivity contribution is 6.29. The number of aliphatic carboxylic acids is 1. The van der Waals surface area contributed by atoms with Gasteiger partial charge < -0.3 is 14.7 Å². The van der Waals surface area contributed by atoms with Crippen molar-refractivity contribution in [2.24, 2.45) is 0 Å². The SMILES string of the molecule is CC(C)(C)OC(=O)N1CCN(Cc2ccc(Cl)nn2)[C@@H](C(=O)O)C1. The molecule has 1 aliphatic rings. The molecule has 0 saturated carbocycles. The predicted octanol–water partition coefficient (Wildman–Crippen LogP) is 1.64. The summed E-state index contributed by atoms with van der Waals surface area (Å²) < 4.78 is 5.31. The van der Waals surface area contributed by atoms with Crippen LogP contribution in [0.2, 0.25) is 5.15 Å². The number of carboxylic acids is 1. The van der Waals surface area contributed by atoms with Crippen molar-refractivity contribution < 1.29 is 19.4 Å². The molecule has 1 aliphatic heterocycles. The molecular weight excluding hydrogens is 336 g/mol. The molecule has 1 aromatic rings. The lowest BCUT2D eigenvalue weighted by Crippen LogP contribution is -2.57. The summed E-state index contributed by atoms with van der Waals surface area (Å²) >= 11 is 5.70. The molecule has 0 aromatic carbocycles. The molecule has 9 heteroatoms. The Bertz CT molecular complexity index is 602. The quantitative estimate of drug-likeness (QED) is 0.879. The Balaban J connectivity index is 2.04. The Morgan fingerprint density at radius 1 is 1.33 bits per heavy atom. The number of halogens is 1. The van der Waals surface area contributed by atoms with E-state index >= 15 is 0 Å². The van der Waals surface area contributed by atoms with Crippen molar-refractivity contribution in [3.05, 3.63) is 23.0 Å². The molecule has 0 radical (unpaired) electrons. The number of nitrogens with zero attached hydrogens (tertiary/aromatic N) is 4. The standard InChI is InChI=1S/C15H21ClN4O4/c1-15(2,3)24-14(23)20-7-6-19(11(9-20)13(21)22)8-10-4-5-12(16)18-17-10/h4-5,11H,6-9H2,1-3H3,(H,21,22)/t11-/m1/s1. The van der Waals surface area contributed by atoms with Crippen molar-refractivity contribution in [2.75, 3.05) is 19.6 Å². The van der Waals surface area contributed by atoms with Crippen molar-refractivity contribution in [3.8, 4) is 0 Å². The second-order valence-electron chi connectivity index (χ2n) is 6.60. The normalized spacial score (nSPS) is 19.2. The van der Waals surface area contributed by atoms with Crippen LogP contribution in [0.3, 0.4) is 0 Å². The van der Waals surface area contributed by atoms with Crippen LogP contribution in [0.1, 0.15) is 26.5 Å². The first-order valence-corrected chi connectivity index (χ1v) is 7.96. The Kier molecular flexibility index (Phi) is 5.61. The van der Waals surface area contributed by atoms with Gasteiger partial charge in [-0.2, -0.15) is 5.10 Å². The number of amides is 1. The van der Waals surface area contributed by atoms with Crippen LogP contribution in [0.25, 0.3) is 0 Å². The minimum atomic E-state index is -0.995. The molecule has 1 atom stereocenters. The van der Waals surface area contributed by atoms with E-state index in [-0.39, 0.29) is 11.7 Å². The maximum atomic E-state index is 12.1. The number of carbonyl (C=O) groups excluding carboxylic acids is 1. The molecule has 8 nitrogen and oxygen atoms in total. The number of hydrogen-bond acceptors (Lipinski definition) is 6. The zero-order valence-corrected chi connectivity index (χ0v) is 14.7. The monoisotopic (exact) mass is 356 g/mol. The molecule has 1 amide bonds. The van der Waals surface area contributed by atoms with E-state index in [0.29, 0.717) is 25.3 Å². The van der Waals surface area contributed by atoms with Crippen LogP contribution in [-0.4, -0.2) is 68.4 Å². The van der Waals surface area contributed by atoms with E-state index in [1.165, 1.54) is 4.90 Å². The predicted molar refractivity (Wildman–Crippen MR) is 86.7 cm³/mol. The van der Waals surface area contributed by atoms with Crippen molar-refractivity contribution in [2.45, 2.75) is 39.0 Å². The summed E-state index contributed by atoms with van der Waals surface area (Å²) in [7, 11) is 0. The first-order chi connectivity index (χ1) is 11.2. The topological polar surface area (TPSA) is 95.9 Å². The fourth-order valence-corrected chi connectivity index (χ4v) is 2.47.